The van der Waals surface area contributed by atoms with Gasteiger partial charge in [-0.2, -0.15) is 5.26 Å². The molecule has 3 N–H and O–H groups in total. The van der Waals surface area contributed by atoms with Gasteiger partial charge in [-0.1, -0.05) is 6.92 Å². The summed E-state index contributed by atoms with van der Waals surface area (Å²) in [5, 5.41) is 19.0. The van der Waals surface area contributed by atoms with Crippen molar-refractivity contribution in [3.05, 3.63) is 29.3 Å². The third-order valence-electron chi connectivity index (χ3n) is 3.51. The summed E-state index contributed by atoms with van der Waals surface area (Å²) in [5.74, 6) is 0.658. The van der Waals surface area contributed by atoms with Crippen LogP contribution < -0.4 is 10.5 Å². The SMILES string of the molecule is CCC1(C)Oc2ccc(C#N)cc2[C@@H](N)[C@@H]1O. The minimum Gasteiger partial charge on any atom is -0.484 e. The predicted molar refractivity (Wildman–Crippen MR) is 63.4 cm³/mol. The number of nitrogens with two attached hydrogens (primary N) is 1. The monoisotopic (exact) mass is 232 g/mol. The molecule has 1 aliphatic heterocycles. The molecule has 0 aliphatic carbocycles. The molecule has 17 heavy (non-hydrogen) atoms. The Kier molecular flexibility index (Phi) is 2.82. The van der Waals surface area contributed by atoms with Gasteiger partial charge in [0.25, 0.3) is 0 Å². The first kappa shape index (κ1) is 11.9. The van der Waals surface area contributed by atoms with Crippen molar-refractivity contribution in [2.24, 2.45) is 5.73 Å². The van der Waals surface area contributed by atoms with Gasteiger partial charge < -0.3 is 15.6 Å². The third kappa shape index (κ3) is 1.78. The van der Waals surface area contributed by atoms with Crippen molar-refractivity contribution in [2.45, 2.75) is 38.0 Å². The summed E-state index contributed by atoms with van der Waals surface area (Å²) in [6, 6.07) is 6.65. The van der Waals surface area contributed by atoms with E-state index < -0.39 is 17.7 Å². The van der Waals surface area contributed by atoms with Crippen molar-refractivity contribution < 1.29 is 9.84 Å². The lowest BCUT2D eigenvalue weighted by molar-refractivity contribution is -0.0714. The Bertz CT molecular complexity index is 481. The zero-order valence-corrected chi connectivity index (χ0v) is 9.97. The molecule has 0 saturated carbocycles. The maximum atomic E-state index is 10.2. The molecule has 0 radical (unpaired) electrons. The highest BCUT2D eigenvalue weighted by Crippen LogP contribution is 2.40. The average molecular weight is 232 g/mol. The Morgan fingerprint density at radius 1 is 1.59 bits per heavy atom. The summed E-state index contributed by atoms with van der Waals surface area (Å²) in [6.45, 7) is 3.79. The molecule has 0 saturated heterocycles. The Balaban J connectivity index is 2.50. The fourth-order valence-electron chi connectivity index (χ4n) is 2.11. The van der Waals surface area contributed by atoms with E-state index >= 15 is 0 Å². The zero-order chi connectivity index (χ0) is 12.6. The van der Waals surface area contributed by atoms with Gasteiger partial charge in [-0.15, -0.1) is 0 Å². The smallest absolute Gasteiger partial charge is 0.134 e. The Labute approximate surface area is 101 Å². The van der Waals surface area contributed by atoms with Crippen molar-refractivity contribution in [1.82, 2.24) is 0 Å². The number of benzene rings is 1. The van der Waals surface area contributed by atoms with Gasteiger partial charge in [-0.3, -0.25) is 0 Å². The Morgan fingerprint density at radius 3 is 2.88 bits per heavy atom. The molecule has 1 aromatic rings. The van der Waals surface area contributed by atoms with Crippen LogP contribution in [0, 0.1) is 11.3 Å². The van der Waals surface area contributed by atoms with E-state index in [0.717, 1.165) is 0 Å². The second-order valence-corrected chi connectivity index (χ2v) is 4.60. The lowest BCUT2D eigenvalue weighted by atomic mass is 9.84. The fraction of sp³-hybridized carbons (Fsp3) is 0.462. The second-order valence-electron chi connectivity index (χ2n) is 4.60. The van der Waals surface area contributed by atoms with E-state index in [2.05, 4.69) is 6.07 Å². The maximum Gasteiger partial charge on any atom is 0.134 e. The first-order chi connectivity index (χ1) is 8.01. The summed E-state index contributed by atoms with van der Waals surface area (Å²) in [5.41, 5.74) is 6.58. The number of nitriles is 1. The van der Waals surface area contributed by atoms with Gasteiger partial charge >= 0.3 is 0 Å². The number of aliphatic hydroxyl groups is 1. The van der Waals surface area contributed by atoms with Crippen molar-refractivity contribution >= 4 is 0 Å². The quantitative estimate of drug-likeness (QED) is 0.768. The lowest BCUT2D eigenvalue weighted by Crippen LogP contribution is -2.52. The van der Waals surface area contributed by atoms with E-state index in [1.807, 2.05) is 13.8 Å². The van der Waals surface area contributed by atoms with Crippen molar-refractivity contribution in [3.63, 3.8) is 0 Å². The molecule has 1 unspecified atom stereocenters. The highest BCUT2D eigenvalue weighted by molar-refractivity contribution is 5.46. The van der Waals surface area contributed by atoms with Crippen molar-refractivity contribution in [2.75, 3.05) is 0 Å². The van der Waals surface area contributed by atoms with Gasteiger partial charge in [0.05, 0.1) is 17.7 Å². The number of rotatable bonds is 1. The predicted octanol–water partition coefficient (Wildman–Crippen LogP) is 1.48. The van der Waals surface area contributed by atoms with Gasteiger partial charge in [-0.25, -0.2) is 0 Å². The molecular weight excluding hydrogens is 216 g/mol. The number of aliphatic hydroxyl groups excluding tert-OH is 1. The van der Waals surface area contributed by atoms with E-state index in [1.165, 1.54) is 0 Å². The van der Waals surface area contributed by atoms with Crippen molar-refractivity contribution in [1.29, 1.82) is 5.26 Å². The van der Waals surface area contributed by atoms with Crippen molar-refractivity contribution in [3.8, 4) is 11.8 Å². The zero-order valence-electron chi connectivity index (χ0n) is 9.97. The summed E-state index contributed by atoms with van der Waals surface area (Å²) in [6.07, 6.45) is -0.102. The number of ether oxygens (including phenoxy) is 1. The molecule has 2 rings (SSSR count). The van der Waals surface area contributed by atoms with Crippen LogP contribution >= 0.6 is 0 Å². The molecule has 4 heteroatoms. The van der Waals surface area contributed by atoms with Crippen LogP contribution in [-0.4, -0.2) is 16.8 Å². The number of hydrogen-bond donors (Lipinski definition) is 2. The molecular formula is C13H16N2O2. The number of nitrogens with zero attached hydrogens (tertiary/aromatic N) is 1. The first-order valence-electron chi connectivity index (χ1n) is 5.68. The van der Waals surface area contributed by atoms with Crippen LogP contribution in [0.2, 0.25) is 0 Å². The molecule has 1 heterocycles. The highest BCUT2D eigenvalue weighted by Gasteiger charge is 2.43. The van der Waals surface area contributed by atoms with E-state index in [0.29, 0.717) is 23.3 Å². The van der Waals surface area contributed by atoms with Crippen LogP contribution in [0.4, 0.5) is 0 Å². The summed E-state index contributed by atoms with van der Waals surface area (Å²) >= 11 is 0. The summed E-state index contributed by atoms with van der Waals surface area (Å²) < 4.78 is 5.81. The molecule has 0 amide bonds. The molecule has 0 bridgehead atoms. The highest BCUT2D eigenvalue weighted by atomic mass is 16.5. The molecule has 0 spiro atoms. The van der Waals surface area contributed by atoms with Crippen LogP contribution in [0.3, 0.4) is 0 Å². The maximum absolute atomic E-state index is 10.2. The molecule has 90 valence electrons. The molecule has 1 aromatic carbocycles. The van der Waals surface area contributed by atoms with Gasteiger partial charge in [0, 0.05) is 5.56 Å². The molecule has 0 aromatic heterocycles. The minimum atomic E-state index is -0.769. The van der Waals surface area contributed by atoms with E-state index in [1.54, 1.807) is 18.2 Å². The van der Waals surface area contributed by atoms with Gasteiger partial charge in [-0.05, 0) is 31.5 Å². The van der Waals surface area contributed by atoms with Crippen LogP contribution in [-0.2, 0) is 0 Å². The Morgan fingerprint density at radius 2 is 2.29 bits per heavy atom. The lowest BCUT2D eigenvalue weighted by Gasteiger charge is -2.42. The average Bonchev–Trinajstić information content (AvgIpc) is 2.36. The van der Waals surface area contributed by atoms with Gasteiger partial charge in [0.2, 0.25) is 0 Å². The van der Waals surface area contributed by atoms with E-state index in [9.17, 15) is 5.11 Å². The van der Waals surface area contributed by atoms with Crippen LogP contribution in [0.15, 0.2) is 18.2 Å². The normalized spacial score (nSPS) is 31.2. The van der Waals surface area contributed by atoms with Crippen LogP contribution in [0.5, 0.6) is 5.75 Å². The van der Waals surface area contributed by atoms with Crippen LogP contribution in [0.25, 0.3) is 0 Å². The third-order valence-corrected chi connectivity index (χ3v) is 3.51. The second kappa shape index (κ2) is 4.02. The largest absolute Gasteiger partial charge is 0.484 e. The number of hydrogen-bond acceptors (Lipinski definition) is 4. The fourth-order valence-corrected chi connectivity index (χ4v) is 2.11. The van der Waals surface area contributed by atoms with Gasteiger partial charge in [0.15, 0.2) is 0 Å². The van der Waals surface area contributed by atoms with Gasteiger partial charge in [0.1, 0.15) is 17.5 Å². The molecule has 4 nitrogen and oxygen atoms in total. The summed E-state index contributed by atoms with van der Waals surface area (Å²) in [7, 11) is 0. The number of fused-ring (bicyclic) bond motifs is 1. The summed E-state index contributed by atoms with van der Waals surface area (Å²) in [4.78, 5) is 0. The first-order valence-corrected chi connectivity index (χ1v) is 5.68. The van der Waals surface area contributed by atoms with Crippen LogP contribution in [0.1, 0.15) is 37.4 Å². The topological polar surface area (TPSA) is 79.3 Å². The van der Waals surface area contributed by atoms with E-state index in [4.69, 9.17) is 15.7 Å². The molecule has 3 atom stereocenters. The minimum absolute atomic E-state index is 0.517. The standard InChI is InChI=1S/C13H16N2O2/c1-3-13(2)12(16)11(15)9-6-8(7-14)4-5-10(9)17-13/h4-6,11-12,16H,3,15H2,1-2H3/t11-,12+,13?/m1/s1. The molecule has 0 fully saturated rings. The van der Waals surface area contributed by atoms with E-state index in [-0.39, 0.29) is 0 Å². The Hall–Kier alpha value is -1.57. The molecule has 1 aliphatic rings.